The molecular formula is C20H21NO5S. The number of benzene rings is 2. The van der Waals surface area contributed by atoms with Gasteiger partial charge in [-0.05, 0) is 23.8 Å². The van der Waals surface area contributed by atoms with Gasteiger partial charge < -0.3 is 19.9 Å². The topological polar surface area (TPSA) is 84.9 Å². The average Bonchev–Trinajstić information content (AvgIpc) is 3.10. The zero-order valence-corrected chi connectivity index (χ0v) is 15.9. The van der Waals surface area contributed by atoms with E-state index in [-0.39, 0.29) is 18.2 Å². The molecule has 3 rings (SSSR count). The molecule has 0 spiro atoms. The summed E-state index contributed by atoms with van der Waals surface area (Å²) < 4.78 is 10.6. The number of thioether (sulfide) groups is 1. The van der Waals surface area contributed by atoms with E-state index >= 15 is 0 Å². The van der Waals surface area contributed by atoms with E-state index in [1.54, 1.807) is 37.1 Å². The third-order valence-corrected chi connectivity index (χ3v) is 5.71. The zero-order valence-electron chi connectivity index (χ0n) is 15.1. The fourth-order valence-corrected chi connectivity index (χ4v) is 4.40. The lowest BCUT2D eigenvalue weighted by Crippen LogP contribution is -2.34. The van der Waals surface area contributed by atoms with Crippen LogP contribution >= 0.6 is 11.8 Å². The number of ether oxygens (including phenoxy) is 2. The van der Waals surface area contributed by atoms with E-state index in [2.05, 4.69) is 5.32 Å². The second-order valence-corrected chi connectivity index (χ2v) is 7.23. The highest BCUT2D eigenvalue weighted by molar-refractivity contribution is 7.99. The van der Waals surface area contributed by atoms with Crippen molar-refractivity contribution in [3.8, 4) is 11.5 Å². The summed E-state index contributed by atoms with van der Waals surface area (Å²) in [6, 6.07) is 12.2. The third-order valence-electron chi connectivity index (χ3n) is 4.53. The highest BCUT2D eigenvalue weighted by Crippen LogP contribution is 2.40. The number of fused-ring (bicyclic) bond motifs is 1. The minimum absolute atomic E-state index is 0.184. The molecule has 6 nitrogen and oxygen atoms in total. The summed E-state index contributed by atoms with van der Waals surface area (Å²) in [5, 5.41) is 12.2. The van der Waals surface area contributed by atoms with E-state index < -0.39 is 12.0 Å². The number of carboxylic acids is 1. The van der Waals surface area contributed by atoms with Crippen molar-refractivity contribution in [3.63, 3.8) is 0 Å². The molecule has 0 bridgehead atoms. The summed E-state index contributed by atoms with van der Waals surface area (Å²) in [5.41, 5.74) is 1.59. The molecule has 0 aliphatic carbocycles. The molecule has 2 aromatic rings. The van der Waals surface area contributed by atoms with E-state index in [0.717, 1.165) is 10.5 Å². The van der Waals surface area contributed by atoms with Crippen LogP contribution in [-0.2, 0) is 9.59 Å². The summed E-state index contributed by atoms with van der Waals surface area (Å²) in [7, 11) is 3.04. The van der Waals surface area contributed by atoms with Crippen LogP contribution in [0.25, 0.3) is 0 Å². The van der Waals surface area contributed by atoms with Crippen LogP contribution in [-0.4, -0.2) is 37.0 Å². The summed E-state index contributed by atoms with van der Waals surface area (Å²) in [6.07, 6.45) is -0.240. The fraction of sp³-hybridized carbons (Fsp3) is 0.300. The fourth-order valence-electron chi connectivity index (χ4n) is 3.17. The van der Waals surface area contributed by atoms with E-state index in [1.165, 1.54) is 7.11 Å². The van der Waals surface area contributed by atoms with Crippen LogP contribution in [0.3, 0.4) is 0 Å². The maximum Gasteiger partial charge on any atom is 0.305 e. The Morgan fingerprint density at radius 3 is 2.70 bits per heavy atom. The minimum atomic E-state index is -1.00. The summed E-state index contributed by atoms with van der Waals surface area (Å²) in [5.74, 6) is 0.229. The van der Waals surface area contributed by atoms with Crippen LogP contribution in [0.15, 0.2) is 47.4 Å². The molecule has 27 heavy (non-hydrogen) atoms. The van der Waals surface area contributed by atoms with E-state index in [1.807, 2.05) is 24.3 Å². The highest BCUT2D eigenvalue weighted by Gasteiger charge is 2.31. The van der Waals surface area contributed by atoms with Gasteiger partial charge in [0.1, 0.15) is 11.5 Å². The van der Waals surface area contributed by atoms with Gasteiger partial charge in [-0.3, -0.25) is 9.59 Å². The van der Waals surface area contributed by atoms with Crippen molar-refractivity contribution in [2.24, 2.45) is 0 Å². The summed E-state index contributed by atoms with van der Waals surface area (Å²) in [4.78, 5) is 25.4. The van der Waals surface area contributed by atoms with Crippen molar-refractivity contribution in [2.75, 3.05) is 20.0 Å². The second kappa shape index (κ2) is 8.35. The molecule has 7 heteroatoms. The smallest absolute Gasteiger partial charge is 0.305 e. The highest BCUT2D eigenvalue weighted by atomic mass is 32.2. The molecule has 1 heterocycles. The number of hydrogen-bond acceptors (Lipinski definition) is 5. The van der Waals surface area contributed by atoms with E-state index in [9.17, 15) is 14.7 Å². The molecule has 0 fully saturated rings. The maximum absolute atomic E-state index is 12.9. The van der Waals surface area contributed by atoms with E-state index in [0.29, 0.717) is 22.8 Å². The van der Waals surface area contributed by atoms with Crippen molar-refractivity contribution >= 4 is 23.6 Å². The molecule has 2 N–H and O–H groups in total. The zero-order chi connectivity index (χ0) is 19.4. The van der Waals surface area contributed by atoms with Gasteiger partial charge in [0, 0.05) is 22.3 Å². The van der Waals surface area contributed by atoms with Crippen LogP contribution < -0.4 is 14.8 Å². The van der Waals surface area contributed by atoms with Crippen LogP contribution in [0.5, 0.6) is 11.5 Å². The van der Waals surface area contributed by atoms with Gasteiger partial charge in [-0.2, -0.15) is 0 Å². The predicted molar refractivity (Wildman–Crippen MR) is 103 cm³/mol. The molecule has 1 aliphatic rings. The first-order chi connectivity index (χ1) is 13.0. The molecule has 0 radical (unpaired) electrons. The monoisotopic (exact) mass is 387 g/mol. The van der Waals surface area contributed by atoms with Gasteiger partial charge in [0.25, 0.3) is 0 Å². The number of nitrogens with one attached hydrogen (secondary N) is 1. The Morgan fingerprint density at radius 2 is 2.00 bits per heavy atom. The van der Waals surface area contributed by atoms with Gasteiger partial charge in [-0.25, -0.2) is 0 Å². The third kappa shape index (κ3) is 4.19. The first-order valence-corrected chi connectivity index (χ1v) is 9.48. The molecule has 2 atom stereocenters. The molecule has 0 saturated heterocycles. The minimum Gasteiger partial charge on any atom is -0.497 e. The normalized spacial score (nSPS) is 16.3. The largest absolute Gasteiger partial charge is 0.497 e. The van der Waals surface area contributed by atoms with Crippen LogP contribution in [0.4, 0.5) is 0 Å². The maximum atomic E-state index is 12.9. The first kappa shape index (κ1) is 19.1. The first-order valence-electron chi connectivity index (χ1n) is 8.49. The summed E-state index contributed by atoms with van der Waals surface area (Å²) in [6.45, 7) is 0. The van der Waals surface area contributed by atoms with Gasteiger partial charge in [-0.1, -0.05) is 18.2 Å². The van der Waals surface area contributed by atoms with Crippen molar-refractivity contribution in [1.82, 2.24) is 5.32 Å². The summed E-state index contributed by atoms with van der Waals surface area (Å²) >= 11 is 1.64. The number of rotatable bonds is 7. The Balaban J connectivity index is 1.86. The van der Waals surface area contributed by atoms with Crippen LogP contribution in [0.2, 0.25) is 0 Å². The molecule has 142 valence electrons. The Labute approximate surface area is 161 Å². The number of amides is 1. The number of hydrogen-bond donors (Lipinski definition) is 2. The average molecular weight is 387 g/mol. The van der Waals surface area contributed by atoms with Crippen molar-refractivity contribution < 1.29 is 24.2 Å². The van der Waals surface area contributed by atoms with Crippen LogP contribution in [0, 0.1) is 0 Å². The van der Waals surface area contributed by atoms with E-state index in [4.69, 9.17) is 9.47 Å². The number of carboxylic acid groups (broad SMARTS) is 1. The van der Waals surface area contributed by atoms with Gasteiger partial charge in [0.2, 0.25) is 5.91 Å². The molecule has 0 aromatic heterocycles. The Bertz CT molecular complexity index is 854. The van der Waals surface area contributed by atoms with Gasteiger partial charge in [0.15, 0.2) is 0 Å². The molecule has 1 amide bonds. The molecule has 2 unspecified atom stereocenters. The number of aliphatic carboxylic acids is 1. The molecule has 2 aromatic carbocycles. The Morgan fingerprint density at radius 1 is 1.22 bits per heavy atom. The standard InChI is InChI=1S/C20H21NO5S/c1-25-12-7-8-14(17(9-12)26-2)16(10-19(22)23)21-20(24)15-11-27-18-6-4-3-5-13(15)18/h3-9,15-16H,10-11H2,1-2H3,(H,21,24)(H,22,23). The lowest BCUT2D eigenvalue weighted by atomic mass is 9.97. The van der Waals surface area contributed by atoms with Crippen molar-refractivity contribution in [3.05, 3.63) is 53.6 Å². The molecule has 0 saturated carbocycles. The lowest BCUT2D eigenvalue weighted by Gasteiger charge is -2.22. The Hall–Kier alpha value is -2.67. The quantitative estimate of drug-likeness (QED) is 0.759. The lowest BCUT2D eigenvalue weighted by molar-refractivity contribution is -0.137. The van der Waals surface area contributed by atoms with Gasteiger partial charge >= 0.3 is 5.97 Å². The van der Waals surface area contributed by atoms with Gasteiger partial charge in [0.05, 0.1) is 32.6 Å². The van der Waals surface area contributed by atoms with Crippen LogP contribution in [0.1, 0.15) is 29.5 Å². The second-order valence-electron chi connectivity index (χ2n) is 6.17. The van der Waals surface area contributed by atoms with Crippen molar-refractivity contribution in [2.45, 2.75) is 23.3 Å². The Kier molecular flexibility index (Phi) is 5.91. The molecule has 1 aliphatic heterocycles. The number of carbonyl (C=O) groups excluding carboxylic acids is 1. The predicted octanol–water partition coefficient (Wildman–Crippen LogP) is 3.23. The van der Waals surface area contributed by atoms with Crippen molar-refractivity contribution in [1.29, 1.82) is 0 Å². The number of methoxy groups -OCH3 is 2. The SMILES string of the molecule is COc1ccc(C(CC(=O)O)NC(=O)C2CSc3ccccc32)c(OC)c1. The molecular weight excluding hydrogens is 366 g/mol. The number of carbonyl (C=O) groups is 2. The van der Waals surface area contributed by atoms with Gasteiger partial charge in [-0.15, -0.1) is 11.8 Å².